The predicted molar refractivity (Wildman–Crippen MR) is 102 cm³/mol. The number of hydrogen-bond acceptors (Lipinski definition) is 4. The summed E-state index contributed by atoms with van der Waals surface area (Å²) in [6.07, 6.45) is 0. The predicted octanol–water partition coefficient (Wildman–Crippen LogP) is 4.21. The highest BCUT2D eigenvalue weighted by Gasteiger charge is 2.18. The van der Waals surface area contributed by atoms with Crippen LogP contribution in [-0.2, 0) is 16.6 Å². The van der Waals surface area contributed by atoms with Crippen LogP contribution in [0.2, 0.25) is 0 Å². The molecule has 1 N–H and O–H groups in total. The highest BCUT2D eigenvalue weighted by molar-refractivity contribution is 7.89. The largest absolute Gasteiger partial charge is 0.242 e. The fourth-order valence-corrected chi connectivity index (χ4v) is 4.53. The van der Waals surface area contributed by atoms with Crippen molar-refractivity contribution in [1.82, 2.24) is 9.71 Å². The molecule has 0 bridgehead atoms. The SMILES string of the molecule is Cc1cccc(CNS(=O)(=O)c2cc(-c3csc(C)n3)ccc2C)c1. The maximum Gasteiger partial charge on any atom is 0.241 e. The van der Waals surface area contributed by atoms with E-state index in [1.54, 1.807) is 24.3 Å². The summed E-state index contributed by atoms with van der Waals surface area (Å²) in [5.74, 6) is 0. The second-order valence-corrected chi connectivity index (χ2v) is 8.84. The lowest BCUT2D eigenvalue weighted by Gasteiger charge is -2.11. The molecule has 0 atom stereocenters. The molecule has 0 amide bonds. The molecule has 0 aliphatic heterocycles. The summed E-state index contributed by atoms with van der Waals surface area (Å²) in [5, 5.41) is 2.90. The van der Waals surface area contributed by atoms with Crippen molar-refractivity contribution in [3.8, 4) is 11.3 Å². The second kappa shape index (κ2) is 7.07. The summed E-state index contributed by atoms with van der Waals surface area (Å²) in [7, 11) is -3.60. The van der Waals surface area contributed by atoms with E-state index in [0.717, 1.165) is 27.4 Å². The minimum absolute atomic E-state index is 0.267. The van der Waals surface area contributed by atoms with Crippen LogP contribution in [0.25, 0.3) is 11.3 Å². The van der Waals surface area contributed by atoms with Gasteiger partial charge in [-0.2, -0.15) is 0 Å². The molecule has 0 spiro atoms. The first kappa shape index (κ1) is 17.8. The summed E-state index contributed by atoms with van der Waals surface area (Å²) in [6.45, 7) is 5.99. The van der Waals surface area contributed by atoms with E-state index in [1.807, 2.05) is 55.6 Å². The third-order valence-electron chi connectivity index (χ3n) is 3.94. The number of rotatable bonds is 5. The van der Waals surface area contributed by atoms with E-state index in [-0.39, 0.29) is 6.54 Å². The monoisotopic (exact) mass is 372 g/mol. The Bertz CT molecular complexity index is 1010. The van der Waals surface area contributed by atoms with Gasteiger partial charge in [0.1, 0.15) is 0 Å². The summed E-state index contributed by atoms with van der Waals surface area (Å²) < 4.78 is 28.2. The van der Waals surface area contributed by atoms with Crippen LogP contribution in [0.5, 0.6) is 0 Å². The molecular weight excluding hydrogens is 352 g/mol. The summed E-state index contributed by atoms with van der Waals surface area (Å²) in [6, 6.07) is 13.2. The number of sulfonamides is 1. The molecule has 0 unspecified atom stereocenters. The molecule has 0 aliphatic rings. The second-order valence-electron chi connectivity index (χ2n) is 6.05. The Morgan fingerprint density at radius 3 is 2.56 bits per heavy atom. The topological polar surface area (TPSA) is 59.1 Å². The van der Waals surface area contributed by atoms with Crippen LogP contribution in [0.4, 0.5) is 0 Å². The Hall–Kier alpha value is -2.02. The van der Waals surface area contributed by atoms with Gasteiger partial charge in [0.15, 0.2) is 0 Å². The van der Waals surface area contributed by atoms with E-state index < -0.39 is 10.0 Å². The van der Waals surface area contributed by atoms with Gasteiger partial charge in [0, 0.05) is 17.5 Å². The molecule has 0 saturated heterocycles. The summed E-state index contributed by atoms with van der Waals surface area (Å²) >= 11 is 1.55. The highest BCUT2D eigenvalue weighted by atomic mass is 32.2. The van der Waals surface area contributed by atoms with Gasteiger partial charge in [0.05, 0.1) is 15.6 Å². The lowest BCUT2D eigenvalue weighted by molar-refractivity contribution is 0.580. The van der Waals surface area contributed by atoms with Gasteiger partial charge < -0.3 is 0 Å². The van der Waals surface area contributed by atoms with Crippen molar-refractivity contribution >= 4 is 21.4 Å². The van der Waals surface area contributed by atoms with Gasteiger partial charge in [-0.3, -0.25) is 0 Å². The van der Waals surface area contributed by atoms with Crippen molar-refractivity contribution < 1.29 is 8.42 Å². The van der Waals surface area contributed by atoms with Crippen LogP contribution in [0, 0.1) is 20.8 Å². The molecule has 3 aromatic rings. The van der Waals surface area contributed by atoms with Crippen LogP contribution in [-0.4, -0.2) is 13.4 Å². The first-order valence-corrected chi connectivity index (χ1v) is 10.3. The number of nitrogens with zero attached hydrogens (tertiary/aromatic N) is 1. The Labute approximate surface area is 152 Å². The highest BCUT2D eigenvalue weighted by Crippen LogP contribution is 2.26. The van der Waals surface area contributed by atoms with Gasteiger partial charge in [0.2, 0.25) is 10.0 Å². The summed E-state index contributed by atoms with van der Waals surface area (Å²) in [4.78, 5) is 4.74. The number of aryl methyl sites for hydroxylation is 3. The zero-order valence-electron chi connectivity index (χ0n) is 14.4. The average Bonchev–Trinajstić information content (AvgIpc) is 3.00. The minimum atomic E-state index is -3.60. The van der Waals surface area contributed by atoms with E-state index in [9.17, 15) is 8.42 Å². The molecule has 4 nitrogen and oxygen atoms in total. The zero-order chi connectivity index (χ0) is 18.0. The van der Waals surface area contributed by atoms with Crippen LogP contribution < -0.4 is 4.72 Å². The van der Waals surface area contributed by atoms with E-state index in [4.69, 9.17) is 0 Å². The fourth-order valence-electron chi connectivity index (χ4n) is 2.62. The Morgan fingerprint density at radius 1 is 1.08 bits per heavy atom. The van der Waals surface area contributed by atoms with E-state index in [2.05, 4.69) is 9.71 Å². The molecule has 1 heterocycles. The zero-order valence-corrected chi connectivity index (χ0v) is 16.0. The molecule has 6 heteroatoms. The Balaban J connectivity index is 1.88. The van der Waals surface area contributed by atoms with Gasteiger partial charge in [-0.15, -0.1) is 11.3 Å². The molecule has 1 aromatic heterocycles. The van der Waals surface area contributed by atoms with E-state index >= 15 is 0 Å². The van der Waals surface area contributed by atoms with Gasteiger partial charge in [-0.25, -0.2) is 18.1 Å². The maximum atomic E-state index is 12.8. The van der Waals surface area contributed by atoms with Gasteiger partial charge >= 0.3 is 0 Å². The van der Waals surface area contributed by atoms with Crippen molar-refractivity contribution in [2.24, 2.45) is 0 Å². The van der Waals surface area contributed by atoms with Crippen LogP contribution >= 0.6 is 11.3 Å². The maximum absolute atomic E-state index is 12.8. The average molecular weight is 373 g/mol. The minimum Gasteiger partial charge on any atom is -0.242 e. The molecule has 0 fully saturated rings. The third kappa shape index (κ3) is 4.15. The van der Waals surface area contributed by atoms with Gasteiger partial charge in [-0.1, -0.05) is 42.0 Å². The Kier molecular flexibility index (Phi) is 5.03. The normalized spacial score (nSPS) is 11.6. The van der Waals surface area contributed by atoms with Crippen molar-refractivity contribution in [3.05, 3.63) is 69.5 Å². The van der Waals surface area contributed by atoms with Crippen molar-refractivity contribution in [2.45, 2.75) is 32.2 Å². The van der Waals surface area contributed by atoms with Crippen LogP contribution in [0.3, 0.4) is 0 Å². The van der Waals surface area contributed by atoms with Crippen molar-refractivity contribution in [1.29, 1.82) is 0 Å². The van der Waals surface area contributed by atoms with Gasteiger partial charge in [-0.05, 0) is 38.0 Å². The molecule has 3 rings (SSSR count). The number of thiazole rings is 1. The van der Waals surface area contributed by atoms with Crippen LogP contribution in [0.1, 0.15) is 21.7 Å². The van der Waals surface area contributed by atoms with Crippen molar-refractivity contribution in [3.63, 3.8) is 0 Å². The number of benzene rings is 2. The molecule has 0 aliphatic carbocycles. The fraction of sp³-hybridized carbons (Fsp3) is 0.211. The molecule has 130 valence electrons. The molecule has 25 heavy (non-hydrogen) atoms. The lowest BCUT2D eigenvalue weighted by Crippen LogP contribution is -2.24. The molecule has 0 radical (unpaired) electrons. The van der Waals surface area contributed by atoms with Gasteiger partial charge in [0.25, 0.3) is 0 Å². The van der Waals surface area contributed by atoms with E-state index in [1.165, 1.54) is 0 Å². The molecular formula is C19H20N2O2S2. The lowest BCUT2D eigenvalue weighted by atomic mass is 10.1. The van der Waals surface area contributed by atoms with E-state index in [0.29, 0.717) is 10.5 Å². The van der Waals surface area contributed by atoms with Crippen molar-refractivity contribution in [2.75, 3.05) is 0 Å². The first-order chi connectivity index (χ1) is 11.8. The first-order valence-electron chi connectivity index (χ1n) is 7.93. The standard InChI is InChI=1S/C19H20N2O2S2/c1-13-5-4-6-16(9-13)11-20-25(22,23)19-10-17(8-7-14(19)2)18-12-24-15(3)21-18/h4-10,12,20H,11H2,1-3H3. The number of nitrogens with one attached hydrogen (secondary N) is 1. The molecule has 2 aromatic carbocycles. The Morgan fingerprint density at radius 2 is 1.88 bits per heavy atom. The summed E-state index contributed by atoms with van der Waals surface area (Å²) in [5.41, 5.74) is 4.37. The molecule has 0 saturated carbocycles. The number of aromatic nitrogens is 1. The third-order valence-corrected chi connectivity index (χ3v) is 6.26. The van der Waals surface area contributed by atoms with Crippen LogP contribution in [0.15, 0.2) is 52.7 Å². The smallest absolute Gasteiger partial charge is 0.241 e. The quantitative estimate of drug-likeness (QED) is 0.730. The number of hydrogen-bond donors (Lipinski definition) is 1.